The van der Waals surface area contributed by atoms with Crippen molar-refractivity contribution in [2.24, 2.45) is 11.3 Å². The lowest BCUT2D eigenvalue weighted by atomic mass is 9.58. The molecule has 1 saturated heterocycles. The lowest BCUT2D eigenvalue weighted by Crippen LogP contribution is -2.66. The van der Waals surface area contributed by atoms with Crippen molar-refractivity contribution in [3.8, 4) is 0 Å². The SMILES string of the molecule is O=C(O)C1CCN(C(=O)CC(c2ccccc2)c2c[nH]c3cccc(F)c23)C2CCCCC12C(F)(F)F. The average molecular weight is 517 g/mol. The highest BCUT2D eigenvalue weighted by molar-refractivity contribution is 5.87. The molecule has 9 heteroatoms. The fourth-order valence-electron chi connectivity index (χ4n) is 6.70. The fourth-order valence-corrected chi connectivity index (χ4v) is 6.70. The first kappa shape index (κ1) is 25.3. The van der Waals surface area contributed by atoms with Gasteiger partial charge < -0.3 is 15.0 Å². The van der Waals surface area contributed by atoms with Crippen molar-refractivity contribution < 1.29 is 32.3 Å². The van der Waals surface area contributed by atoms with E-state index >= 15 is 0 Å². The van der Waals surface area contributed by atoms with E-state index in [4.69, 9.17) is 0 Å². The lowest BCUT2D eigenvalue weighted by molar-refractivity contribution is -0.283. The van der Waals surface area contributed by atoms with Crippen LogP contribution in [0.2, 0.25) is 0 Å². The third-order valence-electron chi connectivity index (χ3n) is 8.36. The molecule has 0 spiro atoms. The molecule has 1 aliphatic carbocycles. The predicted molar refractivity (Wildman–Crippen MR) is 129 cm³/mol. The van der Waals surface area contributed by atoms with Crippen molar-refractivity contribution in [1.29, 1.82) is 0 Å². The Morgan fingerprint density at radius 2 is 1.84 bits per heavy atom. The Balaban J connectivity index is 1.54. The van der Waals surface area contributed by atoms with E-state index in [1.165, 1.54) is 11.0 Å². The Hall–Kier alpha value is -3.36. The Labute approximate surface area is 211 Å². The largest absolute Gasteiger partial charge is 0.481 e. The number of piperidine rings is 1. The van der Waals surface area contributed by atoms with Gasteiger partial charge in [-0.3, -0.25) is 9.59 Å². The minimum atomic E-state index is -4.76. The number of H-pyrrole nitrogens is 1. The molecule has 4 atom stereocenters. The van der Waals surface area contributed by atoms with Crippen LogP contribution in [0.3, 0.4) is 0 Å². The zero-order chi connectivity index (χ0) is 26.4. The van der Waals surface area contributed by atoms with Gasteiger partial charge in [-0.2, -0.15) is 13.2 Å². The minimum absolute atomic E-state index is 0.0535. The number of fused-ring (bicyclic) bond motifs is 2. The van der Waals surface area contributed by atoms with Gasteiger partial charge in [0.05, 0.1) is 11.3 Å². The van der Waals surface area contributed by atoms with E-state index in [2.05, 4.69) is 4.98 Å². The second-order valence-electron chi connectivity index (χ2n) is 10.1. The molecule has 2 N–H and O–H groups in total. The summed E-state index contributed by atoms with van der Waals surface area (Å²) in [6.07, 6.45) is -2.97. The molecule has 2 heterocycles. The standard InChI is InChI=1S/C28H28F4N2O3/c29-21-9-6-10-22-25(21)19(16-33-22)18(17-7-2-1-3-8-17)15-24(35)34-14-12-20(26(36)37)27(28(30,31)32)13-5-4-11-23(27)34/h1-3,6-10,16,18,20,23,33H,4-5,11-15H2,(H,36,37). The van der Waals surface area contributed by atoms with Crippen LogP contribution in [0.1, 0.15) is 55.6 Å². The number of carbonyl (C=O) groups excluding carboxylic acids is 1. The molecule has 1 aromatic heterocycles. The predicted octanol–water partition coefficient (Wildman–Crippen LogP) is 6.25. The van der Waals surface area contributed by atoms with Crippen LogP contribution in [0.4, 0.5) is 17.6 Å². The molecule has 1 saturated carbocycles. The van der Waals surface area contributed by atoms with Gasteiger partial charge in [0.1, 0.15) is 5.82 Å². The van der Waals surface area contributed by atoms with Crippen LogP contribution in [0.25, 0.3) is 10.9 Å². The Morgan fingerprint density at radius 3 is 2.54 bits per heavy atom. The summed E-state index contributed by atoms with van der Waals surface area (Å²) in [5, 5.41) is 10.1. The Kier molecular flexibility index (Phi) is 6.50. The number of likely N-dealkylation sites (tertiary alicyclic amines) is 1. The monoisotopic (exact) mass is 516 g/mol. The molecule has 1 amide bonds. The number of carboxylic acids is 1. The number of aromatic nitrogens is 1. The molecular weight excluding hydrogens is 488 g/mol. The van der Waals surface area contributed by atoms with Gasteiger partial charge >= 0.3 is 12.1 Å². The highest BCUT2D eigenvalue weighted by atomic mass is 19.4. The maximum Gasteiger partial charge on any atom is 0.397 e. The molecule has 2 aliphatic rings. The third-order valence-corrected chi connectivity index (χ3v) is 8.36. The summed E-state index contributed by atoms with van der Waals surface area (Å²) >= 11 is 0. The maximum absolute atomic E-state index is 14.9. The van der Waals surface area contributed by atoms with Crippen molar-refractivity contribution >= 4 is 22.8 Å². The molecule has 5 rings (SSSR count). The van der Waals surface area contributed by atoms with Crippen molar-refractivity contribution in [1.82, 2.24) is 9.88 Å². The molecule has 0 radical (unpaired) electrons. The zero-order valence-electron chi connectivity index (χ0n) is 20.1. The second-order valence-corrected chi connectivity index (χ2v) is 10.1. The van der Waals surface area contributed by atoms with Crippen LogP contribution in [0, 0.1) is 17.2 Å². The van der Waals surface area contributed by atoms with Gasteiger partial charge in [0.25, 0.3) is 0 Å². The number of nitrogens with zero attached hydrogens (tertiary/aromatic N) is 1. The maximum atomic E-state index is 14.9. The van der Waals surface area contributed by atoms with E-state index in [1.54, 1.807) is 30.5 Å². The summed E-state index contributed by atoms with van der Waals surface area (Å²) in [5.74, 6) is -4.58. The van der Waals surface area contributed by atoms with Crippen molar-refractivity contribution in [2.75, 3.05) is 6.54 Å². The zero-order valence-corrected chi connectivity index (χ0v) is 20.1. The highest BCUT2D eigenvalue weighted by Crippen LogP contribution is 2.58. The summed E-state index contributed by atoms with van der Waals surface area (Å²) in [5.41, 5.74) is -0.612. The number of carboxylic acid groups (broad SMARTS) is 1. The molecule has 1 aliphatic heterocycles. The number of hydrogen-bond donors (Lipinski definition) is 2. The van der Waals surface area contributed by atoms with E-state index in [-0.39, 0.29) is 38.6 Å². The number of alkyl halides is 3. The van der Waals surface area contributed by atoms with Gasteiger partial charge in [0, 0.05) is 42.0 Å². The topological polar surface area (TPSA) is 73.4 Å². The summed E-state index contributed by atoms with van der Waals surface area (Å²) in [4.78, 5) is 30.1. The number of rotatable bonds is 5. The lowest BCUT2D eigenvalue weighted by Gasteiger charge is -2.55. The van der Waals surface area contributed by atoms with E-state index in [0.29, 0.717) is 22.9 Å². The van der Waals surface area contributed by atoms with Crippen LogP contribution in [-0.2, 0) is 9.59 Å². The van der Waals surface area contributed by atoms with Gasteiger partial charge in [-0.15, -0.1) is 0 Å². The molecule has 3 aromatic rings. The van der Waals surface area contributed by atoms with Crippen molar-refractivity contribution in [2.45, 2.75) is 56.7 Å². The first-order valence-electron chi connectivity index (χ1n) is 12.5. The number of benzene rings is 2. The molecule has 4 unspecified atom stereocenters. The van der Waals surface area contributed by atoms with Crippen LogP contribution in [0.15, 0.2) is 54.7 Å². The van der Waals surface area contributed by atoms with Crippen LogP contribution >= 0.6 is 0 Å². The second kappa shape index (κ2) is 9.50. The number of nitrogens with one attached hydrogen (secondary N) is 1. The number of aliphatic carboxylic acids is 1. The van der Waals surface area contributed by atoms with Crippen molar-refractivity contribution in [3.05, 3.63) is 71.7 Å². The molecule has 5 nitrogen and oxygen atoms in total. The fraction of sp³-hybridized carbons (Fsp3) is 0.429. The van der Waals surface area contributed by atoms with E-state index in [9.17, 15) is 32.3 Å². The summed E-state index contributed by atoms with van der Waals surface area (Å²) in [6, 6.07) is 12.4. The number of carbonyl (C=O) groups is 2. The molecular formula is C28H28F4N2O3. The third kappa shape index (κ3) is 4.18. The minimum Gasteiger partial charge on any atom is -0.481 e. The summed E-state index contributed by atoms with van der Waals surface area (Å²) < 4.78 is 58.8. The molecule has 37 heavy (non-hydrogen) atoms. The van der Waals surface area contributed by atoms with E-state index < -0.39 is 47.2 Å². The smallest absolute Gasteiger partial charge is 0.397 e. The van der Waals surface area contributed by atoms with Crippen LogP contribution < -0.4 is 0 Å². The Bertz CT molecular complexity index is 1310. The Morgan fingerprint density at radius 1 is 1.08 bits per heavy atom. The molecule has 196 valence electrons. The number of aromatic amines is 1. The first-order chi connectivity index (χ1) is 17.6. The van der Waals surface area contributed by atoms with Gasteiger partial charge in [-0.25, -0.2) is 4.39 Å². The number of hydrogen-bond acceptors (Lipinski definition) is 2. The van der Waals surface area contributed by atoms with Crippen molar-refractivity contribution in [3.63, 3.8) is 0 Å². The average Bonchev–Trinajstić information content (AvgIpc) is 3.31. The molecule has 2 aromatic carbocycles. The van der Waals surface area contributed by atoms with Gasteiger partial charge in [0.2, 0.25) is 5.91 Å². The van der Waals surface area contributed by atoms with Gasteiger partial charge in [0.15, 0.2) is 0 Å². The molecule has 2 fully saturated rings. The normalized spacial score (nSPS) is 25.0. The van der Waals surface area contributed by atoms with E-state index in [1.807, 2.05) is 18.2 Å². The van der Waals surface area contributed by atoms with Crippen LogP contribution in [0.5, 0.6) is 0 Å². The van der Waals surface area contributed by atoms with E-state index in [0.717, 1.165) is 5.56 Å². The summed E-state index contributed by atoms with van der Waals surface area (Å²) in [7, 11) is 0. The van der Waals surface area contributed by atoms with Gasteiger partial charge in [-0.1, -0.05) is 49.2 Å². The number of halogens is 4. The first-order valence-corrected chi connectivity index (χ1v) is 12.5. The number of amides is 1. The summed E-state index contributed by atoms with van der Waals surface area (Å²) in [6.45, 7) is -0.0535. The van der Waals surface area contributed by atoms with Crippen LogP contribution in [-0.4, -0.2) is 45.6 Å². The quantitative estimate of drug-likeness (QED) is 0.394. The van der Waals surface area contributed by atoms with Gasteiger partial charge in [-0.05, 0) is 42.5 Å². The molecule has 0 bridgehead atoms. The highest BCUT2D eigenvalue weighted by Gasteiger charge is 2.68.